The van der Waals surface area contributed by atoms with Crippen molar-refractivity contribution < 1.29 is 0 Å². The van der Waals surface area contributed by atoms with Gasteiger partial charge in [0.2, 0.25) is 0 Å². The second kappa shape index (κ2) is 3.82. The summed E-state index contributed by atoms with van der Waals surface area (Å²) < 4.78 is 0. The Balaban J connectivity index is 1.61. The van der Waals surface area contributed by atoms with Crippen LogP contribution in [0, 0.1) is 0 Å². The Bertz CT molecular complexity index is 186. The van der Waals surface area contributed by atoms with Crippen LogP contribution in [0.3, 0.4) is 0 Å². The maximum absolute atomic E-state index is 3.73. The number of nitrogens with zero attached hydrogens (tertiary/aromatic N) is 1. The number of hydrogen-bond acceptors (Lipinski definition) is 2. The maximum Gasteiger partial charge on any atom is 0.0125 e. The van der Waals surface area contributed by atoms with Crippen molar-refractivity contribution in [1.29, 1.82) is 0 Å². The molecule has 3 fully saturated rings. The van der Waals surface area contributed by atoms with Crippen LogP contribution in [0.1, 0.15) is 44.9 Å². The van der Waals surface area contributed by atoms with E-state index in [0.29, 0.717) is 0 Å². The van der Waals surface area contributed by atoms with Gasteiger partial charge in [0.05, 0.1) is 0 Å². The van der Waals surface area contributed by atoms with Crippen molar-refractivity contribution in [2.75, 3.05) is 13.1 Å². The molecule has 0 radical (unpaired) electrons. The molecule has 80 valence electrons. The molecule has 14 heavy (non-hydrogen) atoms. The molecule has 0 aromatic heterocycles. The molecule has 3 saturated heterocycles. The lowest BCUT2D eigenvalue weighted by atomic mass is 9.96. The van der Waals surface area contributed by atoms with Crippen LogP contribution in [-0.4, -0.2) is 36.1 Å². The second-order valence-corrected chi connectivity index (χ2v) is 5.36. The van der Waals surface area contributed by atoms with Crippen LogP contribution in [0.2, 0.25) is 0 Å². The molecular weight excluding hydrogens is 172 g/mol. The van der Waals surface area contributed by atoms with Gasteiger partial charge in [0.1, 0.15) is 0 Å². The van der Waals surface area contributed by atoms with E-state index in [9.17, 15) is 0 Å². The van der Waals surface area contributed by atoms with Gasteiger partial charge in [0.15, 0.2) is 0 Å². The number of likely N-dealkylation sites (tertiary alicyclic amines) is 1. The van der Waals surface area contributed by atoms with Crippen molar-refractivity contribution in [1.82, 2.24) is 10.2 Å². The Hall–Kier alpha value is -0.0800. The van der Waals surface area contributed by atoms with Crippen molar-refractivity contribution in [3.63, 3.8) is 0 Å². The standard InChI is InChI=1S/C12H22N2/c1-2-6-14(7-3-1)12-8-10-4-5-11(9-12)13-10/h10-13H,1-9H2. The van der Waals surface area contributed by atoms with Gasteiger partial charge in [-0.1, -0.05) is 6.42 Å². The van der Waals surface area contributed by atoms with Gasteiger partial charge in [-0.3, -0.25) is 0 Å². The Kier molecular flexibility index (Phi) is 2.50. The minimum Gasteiger partial charge on any atom is -0.311 e. The molecule has 0 amide bonds. The Morgan fingerprint density at radius 2 is 1.50 bits per heavy atom. The third-order valence-electron chi connectivity index (χ3n) is 4.36. The van der Waals surface area contributed by atoms with E-state index >= 15 is 0 Å². The molecule has 0 aromatic carbocycles. The molecule has 0 spiro atoms. The fourth-order valence-corrected chi connectivity index (χ4v) is 3.61. The lowest BCUT2D eigenvalue weighted by Crippen LogP contribution is -2.49. The summed E-state index contributed by atoms with van der Waals surface area (Å²) >= 11 is 0. The lowest BCUT2D eigenvalue weighted by Gasteiger charge is -2.39. The van der Waals surface area contributed by atoms with Crippen molar-refractivity contribution in [3.8, 4) is 0 Å². The first-order chi connectivity index (χ1) is 6.92. The zero-order valence-corrected chi connectivity index (χ0v) is 9.04. The summed E-state index contributed by atoms with van der Waals surface area (Å²) in [6, 6.07) is 2.65. The van der Waals surface area contributed by atoms with Crippen LogP contribution in [0.5, 0.6) is 0 Å². The molecule has 2 heteroatoms. The molecule has 3 heterocycles. The highest BCUT2D eigenvalue weighted by Crippen LogP contribution is 2.30. The van der Waals surface area contributed by atoms with Gasteiger partial charge >= 0.3 is 0 Å². The van der Waals surface area contributed by atoms with E-state index in [0.717, 1.165) is 18.1 Å². The predicted molar refractivity (Wildman–Crippen MR) is 58.4 cm³/mol. The summed E-state index contributed by atoms with van der Waals surface area (Å²) in [5, 5.41) is 3.73. The molecule has 2 bridgehead atoms. The molecule has 2 unspecified atom stereocenters. The van der Waals surface area contributed by atoms with Gasteiger partial charge in [0, 0.05) is 18.1 Å². The third kappa shape index (κ3) is 1.70. The third-order valence-corrected chi connectivity index (χ3v) is 4.36. The van der Waals surface area contributed by atoms with Gasteiger partial charge in [-0.2, -0.15) is 0 Å². The summed E-state index contributed by atoms with van der Waals surface area (Å²) in [6.45, 7) is 2.76. The highest BCUT2D eigenvalue weighted by Gasteiger charge is 2.35. The van der Waals surface area contributed by atoms with Gasteiger partial charge < -0.3 is 10.2 Å². The molecule has 2 nitrogen and oxygen atoms in total. The Morgan fingerprint density at radius 3 is 2.14 bits per heavy atom. The fourth-order valence-electron chi connectivity index (χ4n) is 3.61. The maximum atomic E-state index is 3.73. The van der Waals surface area contributed by atoms with Crippen LogP contribution < -0.4 is 5.32 Å². The first-order valence-corrected chi connectivity index (χ1v) is 6.42. The molecule has 0 aliphatic carbocycles. The topological polar surface area (TPSA) is 15.3 Å². The minimum absolute atomic E-state index is 0.862. The van der Waals surface area contributed by atoms with Crippen molar-refractivity contribution >= 4 is 0 Å². The van der Waals surface area contributed by atoms with Crippen LogP contribution in [0.25, 0.3) is 0 Å². The van der Waals surface area contributed by atoms with E-state index in [4.69, 9.17) is 0 Å². The smallest absolute Gasteiger partial charge is 0.0125 e. The molecule has 0 saturated carbocycles. The van der Waals surface area contributed by atoms with Crippen LogP contribution >= 0.6 is 0 Å². The summed E-state index contributed by atoms with van der Waals surface area (Å²) in [5.74, 6) is 0. The fraction of sp³-hybridized carbons (Fsp3) is 1.00. The quantitative estimate of drug-likeness (QED) is 0.684. The van der Waals surface area contributed by atoms with Crippen LogP contribution in [-0.2, 0) is 0 Å². The summed E-state index contributed by atoms with van der Waals surface area (Å²) in [6.07, 6.45) is 10.1. The number of nitrogens with one attached hydrogen (secondary N) is 1. The van der Waals surface area contributed by atoms with E-state index in [1.54, 1.807) is 0 Å². The molecule has 2 atom stereocenters. The summed E-state index contributed by atoms with van der Waals surface area (Å²) in [7, 11) is 0. The van der Waals surface area contributed by atoms with E-state index < -0.39 is 0 Å². The number of rotatable bonds is 1. The van der Waals surface area contributed by atoms with Crippen LogP contribution in [0.4, 0.5) is 0 Å². The van der Waals surface area contributed by atoms with Crippen molar-refractivity contribution in [3.05, 3.63) is 0 Å². The average Bonchev–Trinajstić information content (AvgIpc) is 2.59. The van der Waals surface area contributed by atoms with E-state index in [1.165, 1.54) is 58.0 Å². The molecule has 3 aliphatic rings. The highest BCUT2D eigenvalue weighted by molar-refractivity contribution is 4.95. The van der Waals surface area contributed by atoms with Crippen LogP contribution in [0.15, 0.2) is 0 Å². The minimum atomic E-state index is 0.862. The first kappa shape index (κ1) is 9.17. The lowest BCUT2D eigenvalue weighted by molar-refractivity contribution is 0.119. The number of piperidine rings is 2. The monoisotopic (exact) mass is 194 g/mol. The largest absolute Gasteiger partial charge is 0.311 e. The van der Waals surface area contributed by atoms with Gasteiger partial charge in [-0.15, -0.1) is 0 Å². The Labute approximate surface area is 87.0 Å². The van der Waals surface area contributed by atoms with E-state index in [2.05, 4.69) is 10.2 Å². The van der Waals surface area contributed by atoms with Gasteiger partial charge in [0.25, 0.3) is 0 Å². The van der Waals surface area contributed by atoms with Crippen molar-refractivity contribution in [2.45, 2.75) is 63.1 Å². The Morgan fingerprint density at radius 1 is 0.857 bits per heavy atom. The number of fused-ring (bicyclic) bond motifs is 2. The molecule has 0 aromatic rings. The predicted octanol–water partition coefficient (Wildman–Crippen LogP) is 1.76. The summed E-state index contributed by atoms with van der Waals surface area (Å²) in [5.41, 5.74) is 0. The molecular formula is C12H22N2. The molecule has 3 rings (SSSR count). The average molecular weight is 194 g/mol. The highest BCUT2D eigenvalue weighted by atomic mass is 15.2. The van der Waals surface area contributed by atoms with Gasteiger partial charge in [-0.25, -0.2) is 0 Å². The normalized spacial score (nSPS) is 44.1. The second-order valence-electron chi connectivity index (χ2n) is 5.36. The first-order valence-electron chi connectivity index (χ1n) is 6.42. The zero-order valence-electron chi connectivity index (χ0n) is 9.04. The van der Waals surface area contributed by atoms with E-state index in [1.807, 2.05) is 0 Å². The zero-order chi connectivity index (χ0) is 9.38. The molecule has 3 aliphatic heterocycles. The molecule has 1 N–H and O–H groups in total. The summed E-state index contributed by atoms with van der Waals surface area (Å²) in [4.78, 5) is 2.77. The SMILES string of the molecule is C1CCN(C2CC3CCC(C2)N3)CC1. The van der Waals surface area contributed by atoms with E-state index in [-0.39, 0.29) is 0 Å². The van der Waals surface area contributed by atoms with Crippen molar-refractivity contribution in [2.24, 2.45) is 0 Å². The van der Waals surface area contributed by atoms with Gasteiger partial charge in [-0.05, 0) is 51.6 Å². The number of hydrogen-bond donors (Lipinski definition) is 1.